The molecule has 1 unspecified atom stereocenters. The molecule has 0 spiro atoms. The third-order valence-electron chi connectivity index (χ3n) is 3.40. The van der Waals surface area contributed by atoms with Crippen LogP contribution in [0.4, 0.5) is 0 Å². The number of aliphatic hydroxyl groups is 1. The van der Waals surface area contributed by atoms with Crippen LogP contribution in [0.5, 0.6) is 0 Å². The highest BCUT2D eigenvalue weighted by Crippen LogP contribution is 2.42. The molecule has 0 aliphatic heterocycles. The minimum absolute atomic E-state index is 0.145. The van der Waals surface area contributed by atoms with E-state index in [1.807, 2.05) is 20.8 Å². The largest absolute Gasteiger partial charge is 0.511 e. The lowest BCUT2D eigenvalue weighted by Gasteiger charge is -2.37. The highest BCUT2D eigenvalue weighted by molar-refractivity contribution is 7.81. The van der Waals surface area contributed by atoms with Crippen molar-refractivity contribution < 1.29 is 19.4 Å². The van der Waals surface area contributed by atoms with Gasteiger partial charge in [0.1, 0.15) is 11.7 Å². The Morgan fingerprint density at radius 1 is 1.47 bits per heavy atom. The van der Waals surface area contributed by atoms with E-state index in [0.29, 0.717) is 24.1 Å². The Labute approximate surface area is 118 Å². The van der Waals surface area contributed by atoms with Crippen LogP contribution < -0.4 is 0 Å². The molecule has 1 N–H and O–H groups in total. The van der Waals surface area contributed by atoms with Gasteiger partial charge in [-0.15, -0.1) is 0 Å². The molecule has 1 aliphatic carbocycles. The van der Waals surface area contributed by atoms with Gasteiger partial charge in [0.15, 0.2) is 5.78 Å². The van der Waals surface area contributed by atoms with Crippen molar-refractivity contribution in [3.63, 3.8) is 0 Å². The van der Waals surface area contributed by atoms with Crippen molar-refractivity contribution in [1.29, 1.82) is 0 Å². The Bertz CT molecular complexity index is 448. The van der Waals surface area contributed by atoms with Crippen LogP contribution >= 0.6 is 12.2 Å². The fourth-order valence-electron chi connectivity index (χ4n) is 2.46. The highest BCUT2D eigenvalue weighted by Gasteiger charge is 2.46. The molecular formula is C14H20O4S. The van der Waals surface area contributed by atoms with Crippen molar-refractivity contribution in [2.45, 2.75) is 40.0 Å². The van der Waals surface area contributed by atoms with Gasteiger partial charge in [0, 0.05) is 11.3 Å². The number of carbonyl (C=O) groups is 2. The fourth-order valence-corrected chi connectivity index (χ4v) is 3.05. The zero-order valence-electron chi connectivity index (χ0n) is 11.8. The summed E-state index contributed by atoms with van der Waals surface area (Å²) in [6, 6.07) is 0. The number of esters is 1. The maximum atomic E-state index is 12.0. The maximum Gasteiger partial charge on any atom is 0.316 e. The van der Waals surface area contributed by atoms with Crippen LogP contribution in [0.2, 0.25) is 0 Å². The summed E-state index contributed by atoms with van der Waals surface area (Å²) in [6.07, 6.45) is 1.40. The predicted molar refractivity (Wildman–Crippen MR) is 76.1 cm³/mol. The molecule has 1 rings (SSSR count). The van der Waals surface area contributed by atoms with E-state index in [1.165, 1.54) is 7.11 Å². The van der Waals surface area contributed by atoms with E-state index in [0.717, 1.165) is 0 Å². The van der Waals surface area contributed by atoms with Gasteiger partial charge < -0.3 is 9.84 Å². The highest BCUT2D eigenvalue weighted by atomic mass is 32.1. The minimum Gasteiger partial charge on any atom is -0.511 e. The maximum absolute atomic E-state index is 12.0. The Kier molecular flexibility index (Phi) is 4.85. The number of ketones is 1. The molecule has 0 aromatic rings. The smallest absolute Gasteiger partial charge is 0.316 e. The molecule has 0 saturated heterocycles. The number of allylic oxidation sites excluding steroid dienone is 1. The summed E-state index contributed by atoms with van der Waals surface area (Å²) in [6.45, 7) is 5.54. The Morgan fingerprint density at radius 3 is 2.53 bits per heavy atom. The van der Waals surface area contributed by atoms with Gasteiger partial charge in [0.2, 0.25) is 0 Å². The molecule has 0 amide bonds. The normalized spacial score (nSPS) is 22.3. The van der Waals surface area contributed by atoms with Gasteiger partial charge in [-0.05, 0) is 18.3 Å². The number of aliphatic hydroxyl groups excluding tert-OH is 1. The summed E-state index contributed by atoms with van der Waals surface area (Å²) < 4.78 is 4.73. The van der Waals surface area contributed by atoms with Crippen LogP contribution in [-0.2, 0) is 14.3 Å². The third-order valence-corrected chi connectivity index (χ3v) is 3.75. The number of thiocarbonyl (C=S) groups is 1. The summed E-state index contributed by atoms with van der Waals surface area (Å²) in [5.74, 6) is -1.80. The molecule has 19 heavy (non-hydrogen) atoms. The van der Waals surface area contributed by atoms with Crippen molar-refractivity contribution in [3.05, 3.63) is 11.3 Å². The van der Waals surface area contributed by atoms with Crippen LogP contribution in [0.15, 0.2) is 11.3 Å². The van der Waals surface area contributed by atoms with E-state index in [2.05, 4.69) is 0 Å². The molecule has 1 aliphatic rings. The van der Waals surface area contributed by atoms with Gasteiger partial charge in [-0.25, -0.2) is 0 Å². The molecule has 0 saturated carbocycles. The van der Waals surface area contributed by atoms with E-state index in [4.69, 9.17) is 17.0 Å². The summed E-state index contributed by atoms with van der Waals surface area (Å²) in [7, 11) is 1.27. The van der Waals surface area contributed by atoms with Gasteiger partial charge in [-0.1, -0.05) is 33.0 Å². The van der Waals surface area contributed by atoms with Gasteiger partial charge in [0.05, 0.1) is 12.7 Å². The molecule has 0 heterocycles. The first-order chi connectivity index (χ1) is 8.76. The lowest BCUT2D eigenvalue weighted by atomic mass is 9.68. The summed E-state index contributed by atoms with van der Waals surface area (Å²) in [5.41, 5.74) is -0.406. The van der Waals surface area contributed by atoms with Crippen molar-refractivity contribution in [3.8, 4) is 0 Å². The van der Waals surface area contributed by atoms with Crippen LogP contribution in [0.25, 0.3) is 0 Å². The second-order valence-electron chi connectivity index (χ2n) is 5.48. The van der Waals surface area contributed by atoms with Crippen LogP contribution in [0.1, 0.15) is 40.0 Å². The monoisotopic (exact) mass is 284 g/mol. The van der Waals surface area contributed by atoms with E-state index >= 15 is 0 Å². The van der Waals surface area contributed by atoms with Crippen LogP contribution in [0, 0.1) is 11.3 Å². The van der Waals surface area contributed by atoms with Crippen molar-refractivity contribution in [2.75, 3.05) is 7.11 Å². The molecule has 0 bridgehead atoms. The molecule has 5 heteroatoms. The number of hydrogen-bond acceptors (Lipinski definition) is 5. The first kappa shape index (κ1) is 15.8. The van der Waals surface area contributed by atoms with Gasteiger partial charge in [-0.3, -0.25) is 9.59 Å². The molecular weight excluding hydrogens is 264 g/mol. The van der Waals surface area contributed by atoms with Gasteiger partial charge >= 0.3 is 5.97 Å². The van der Waals surface area contributed by atoms with Crippen molar-refractivity contribution >= 4 is 28.8 Å². The summed E-state index contributed by atoms with van der Waals surface area (Å²) >= 11 is 5.23. The zero-order chi connectivity index (χ0) is 14.8. The minimum atomic E-state index is -0.833. The standard InChI is InChI=1S/C14H20O4S/c1-5-6-8(15)10-9(19)7-14(2,3)11(12(10)16)13(17)18-4/h11,16H,5-7H2,1-4H3. The van der Waals surface area contributed by atoms with Crippen LogP contribution in [0.3, 0.4) is 0 Å². The van der Waals surface area contributed by atoms with E-state index in [9.17, 15) is 14.7 Å². The molecule has 0 aromatic heterocycles. The van der Waals surface area contributed by atoms with E-state index in [-0.39, 0.29) is 17.1 Å². The number of carbonyl (C=O) groups excluding carboxylic acids is 2. The lowest BCUT2D eigenvalue weighted by molar-refractivity contribution is -0.149. The topological polar surface area (TPSA) is 63.6 Å². The average Bonchev–Trinajstić information content (AvgIpc) is 2.26. The quantitative estimate of drug-likeness (QED) is 0.635. The zero-order valence-corrected chi connectivity index (χ0v) is 12.6. The average molecular weight is 284 g/mol. The molecule has 106 valence electrons. The van der Waals surface area contributed by atoms with Gasteiger partial charge in [0.25, 0.3) is 0 Å². The van der Waals surface area contributed by atoms with E-state index < -0.39 is 17.3 Å². The molecule has 0 fully saturated rings. The second-order valence-corrected chi connectivity index (χ2v) is 5.97. The number of methoxy groups -OCH3 is 1. The number of hydrogen-bond donors (Lipinski definition) is 1. The second kappa shape index (κ2) is 5.82. The predicted octanol–water partition coefficient (Wildman–Crippen LogP) is 2.76. The molecule has 0 aromatic carbocycles. The molecule has 0 radical (unpaired) electrons. The number of ether oxygens (including phenoxy) is 1. The van der Waals surface area contributed by atoms with Crippen molar-refractivity contribution in [1.82, 2.24) is 0 Å². The first-order valence-corrected chi connectivity index (χ1v) is 6.74. The molecule has 4 nitrogen and oxygen atoms in total. The fraction of sp³-hybridized carbons (Fsp3) is 0.643. The summed E-state index contributed by atoms with van der Waals surface area (Å²) in [5, 5.41) is 10.3. The Hall–Kier alpha value is -1.23. The van der Waals surface area contributed by atoms with Crippen LogP contribution in [-0.4, -0.2) is 28.8 Å². The Balaban J connectivity index is 3.31. The third kappa shape index (κ3) is 3.03. The lowest BCUT2D eigenvalue weighted by Crippen LogP contribution is -2.41. The first-order valence-electron chi connectivity index (χ1n) is 6.33. The van der Waals surface area contributed by atoms with Gasteiger partial charge in [-0.2, -0.15) is 0 Å². The Morgan fingerprint density at radius 2 is 2.05 bits per heavy atom. The number of Topliss-reactive ketones (excluding diaryl/α,β-unsaturated/α-hetero) is 1. The summed E-state index contributed by atoms with van der Waals surface area (Å²) in [4.78, 5) is 24.3. The van der Waals surface area contributed by atoms with E-state index in [1.54, 1.807) is 0 Å². The van der Waals surface area contributed by atoms with Crippen molar-refractivity contribution in [2.24, 2.45) is 11.3 Å². The molecule has 1 atom stereocenters. The number of rotatable bonds is 4. The SMILES string of the molecule is CCCC(=O)C1=C(O)C(C(=O)OC)C(C)(C)CC1=S.